The average Bonchev–Trinajstić information content (AvgIpc) is 2.05. The van der Waals surface area contributed by atoms with Crippen molar-refractivity contribution in [1.29, 1.82) is 0 Å². The molecule has 1 fully saturated rings. The minimum atomic E-state index is -1.38. The molecule has 11 heavy (non-hydrogen) atoms. The third-order valence-electron chi connectivity index (χ3n) is 2.36. The fourth-order valence-corrected chi connectivity index (χ4v) is 2.46. The van der Waals surface area contributed by atoms with Gasteiger partial charge in [-0.2, -0.15) is 0 Å². The highest BCUT2D eigenvalue weighted by Gasteiger charge is 2.21. The second-order valence-electron chi connectivity index (χ2n) is 3.11. The third-order valence-corrected chi connectivity index (χ3v) is 3.93. The van der Waals surface area contributed by atoms with Gasteiger partial charge in [0.05, 0.1) is 0 Å². The molecule has 0 aromatic carbocycles. The summed E-state index contributed by atoms with van der Waals surface area (Å²) >= 11 is 5.61. The number of rotatable bonds is 2. The summed E-state index contributed by atoms with van der Waals surface area (Å²) in [7, 11) is 0.532. The summed E-state index contributed by atoms with van der Waals surface area (Å²) in [6, 6.07) is 0.525. The highest BCUT2D eigenvalue weighted by atomic mass is 35.7. The minimum absolute atomic E-state index is 0.525. The van der Waals surface area contributed by atoms with Gasteiger partial charge in [-0.1, -0.05) is 19.3 Å². The van der Waals surface area contributed by atoms with Crippen LogP contribution in [0.5, 0.6) is 0 Å². The molecule has 1 N–H and O–H groups in total. The van der Waals surface area contributed by atoms with Crippen molar-refractivity contribution in [2.45, 2.75) is 38.1 Å². The molecule has 0 spiro atoms. The zero-order valence-electron chi connectivity index (χ0n) is 6.83. The molecule has 0 amide bonds. The molecule has 0 bridgehead atoms. The van der Waals surface area contributed by atoms with Gasteiger partial charge in [-0.25, -0.2) is 4.67 Å². The largest absolute Gasteiger partial charge is 0.347 e. The molecule has 0 aliphatic heterocycles. The normalized spacial score (nSPS) is 24.0. The Morgan fingerprint density at radius 2 is 1.91 bits per heavy atom. The predicted octanol–water partition coefficient (Wildman–Crippen LogP) is 2.71. The van der Waals surface area contributed by atoms with E-state index in [1.807, 2.05) is 11.7 Å². The first-order valence-corrected chi connectivity index (χ1v) is 6.24. The van der Waals surface area contributed by atoms with Crippen LogP contribution in [-0.2, 0) is 0 Å². The van der Waals surface area contributed by atoms with Crippen molar-refractivity contribution in [2.24, 2.45) is 0 Å². The molecule has 1 aliphatic rings. The Hall–Kier alpha value is 0.640. The van der Waals surface area contributed by atoms with Gasteiger partial charge in [0.2, 0.25) is 7.65 Å². The van der Waals surface area contributed by atoms with E-state index >= 15 is 0 Å². The molecule has 4 heteroatoms. The molecule has 1 rings (SSSR count). The van der Waals surface area contributed by atoms with Gasteiger partial charge in [0.1, 0.15) is 0 Å². The lowest BCUT2D eigenvalue weighted by Crippen LogP contribution is -2.28. The van der Waals surface area contributed by atoms with Crippen LogP contribution in [0.2, 0.25) is 0 Å². The Balaban J connectivity index is 2.32. The van der Waals surface area contributed by atoms with Gasteiger partial charge in [-0.3, -0.25) is 0 Å². The summed E-state index contributed by atoms with van der Waals surface area (Å²) in [5.74, 6) is 0. The van der Waals surface area contributed by atoms with Crippen LogP contribution in [0.4, 0.5) is 0 Å². The molecule has 2 nitrogen and oxygen atoms in total. The molecule has 66 valence electrons. The molecular formula is C7H15ClNOP. The molecule has 0 heterocycles. The summed E-state index contributed by atoms with van der Waals surface area (Å²) in [5, 5.41) is 0. The van der Waals surface area contributed by atoms with Gasteiger partial charge in [0.25, 0.3) is 0 Å². The van der Waals surface area contributed by atoms with E-state index in [1.54, 1.807) is 0 Å². The fraction of sp³-hybridized carbons (Fsp3) is 1.00. The van der Waals surface area contributed by atoms with E-state index in [9.17, 15) is 0 Å². The SMILES string of the molecule is CN(C1CCCCC1)P(O)Cl. The van der Waals surface area contributed by atoms with Crippen LogP contribution in [0.3, 0.4) is 0 Å². The molecule has 0 aromatic rings. The first-order chi connectivity index (χ1) is 5.22. The number of halogens is 1. The Morgan fingerprint density at radius 1 is 1.36 bits per heavy atom. The first kappa shape index (κ1) is 9.73. The molecule has 1 saturated carbocycles. The maximum atomic E-state index is 9.13. The van der Waals surface area contributed by atoms with Crippen LogP contribution in [0.15, 0.2) is 0 Å². The fourth-order valence-electron chi connectivity index (χ4n) is 1.59. The minimum Gasteiger partial charge on any atom is -0.347 e. The second-order valence-corrected chi connectivity index (χ2v) is 5.13. The summed E-state index contributed by atoms with van der Waals surface area (Å²) in [6.45, 7) is 0. The Kier molecular flexibility index (Phi) is 4.08. The van der Waals surface area contributed by atoms with Gasteiger partial charge < -0.3 is 4.89 Å². The van der Waals surface area contributed by atoms with Crippen molar-refractivity contribution in [3.05, 3.63) is 0 Å². The van der Waals surface area contributed by atoms with Gasteiger partial charge >= 0.3 is 0 Å². The van der Waals surface area contributed by atoms with Crippen molar-refractivity contribution in [3.8, 4) is 0 Å². The summed E-state index contributed by atoms with van der Waals surface area (Å²) in [4.78, 5) is 9.13. The lowest BCUT2D eigenvalue weighted by molar-refractivity contribution is 0.286. The van der Waals surface area contributed by atoms with E-state index in [-0.39, 0.29) is 0 Å². The van der Waals surface area contributed by atoms with Gasteiger partial charge in [-0.15, -0.1) is 0 Å². The van der Waals surface area contributed by atoms with Crippen molar-refractivity contribution in [3.63, 3.8) is 0 Å². The summed E-state index contributed by atoms with van der Waals surface area (Å²) < 4.78 is 1.91. The van der Waals surface area contributed by atoms with E-state index in [2.05, 4.69) is 0 Å². The van der Waals surface area contributed by atoms with Crippen molar-refractivity contribution in [2.75, 3.05) is 7.05 Å². The molecule has 0 aromatic heterocycles. The van der Waals surface area contributed by atoms with Crippen LogP contribution in [0, 0.1) is 0 Å². The highest BCUT2D eigenvalue weighted by molar-refractivity contribution is 7.77. The third kappa shape index (κ3) is 2.87. The van der Waals surface area contributed by atoms with E-state index in [0.717, 1.165) is 0 Å². The van der Waals surface area contributed by atoms with Crippen LogP contribution < -0.4 is 0 Å². The van der Waals surface area contributed by atoms with Gasteiger partial charge in [0.15, 0.2) is 0 Å². The number of hydrogen-bond donors (Lipinski definition) is 1. The number of nitrogens with zero attached hydrogens (tertiary/aromatic N) is 1. The molecular weight excluding hydrogens is 181 g/mol. The van der Waals surface area contributed by atoms with Crippen LogP contribution in [0.25, 0.3) is 0 Å². The lowest BCUT2D eigenvalue weighted by atomic mass is 9.96. The zero-order valence-corrected chi connectivity index (χ0v) is 8.48. The summed E-state index contributed by atoms with van der Waals surface area (Å²) in [6.07, 6.45) is 6.31. The first-order valence-electron chi connectivity index (χ1n) is 4.09. The second kappa shape index (κ2) is 4.61. The van der Waals surface area contributed by atoms with E-state index < -0.39 is 7.65 Å². The Morgan fingerprint density at radius 3 is 2.36 bits per heavy atom. The van der Waals surface area contributed by atoms with Gasteiger partial charge in [-0.05, 0) is 31.1 Å². The molecule has 0 saturated heterocycles. The van der Waals surface area contributed by atoms with Crippen molar-refractivity contribution < 1.29 is 4.89 Å². The maximum absolute atomic E-state index is 9.13. The number of hydrogen-bond acceptors (Lipinski definition) is 2. The topological polar surface area (TPSA) is 23.5 Å². The van der Waals surface area contributed by atoms with E-state index in [0.29, 0.717) is 6.04 Å². The molecule has 1 aliphatic carbocycles. The standard InChI is InChI=1S/C7H15ClNOP/c1-9(11(8)10)7-5-3-2-4-6-7/h7,10H,2-6H2,1H3. The van der Waals surface area contributed by atoms with Crippen LogP contribution in [-0.4, -0.2) is 22.7 Å². The van der Waals surface area contributed by atoms with Gasteiger partial charge in [0, 0.05) is 6.04 Å². The molecule has 1 atom stereocenters. The van der Waals surface area contributed by atoms with Crippen LogP contribution >= 0.6 is 18.9 Å². The quantitative estimate of drug-likeness (QED) is 0.685. The smallest absolute Gasteiger partial charge is 0.204 e. The Labute approximate surface area is 74.2 Å². The Bertz CT molecular complexity index is 117. The zero-order chi connectivity index (χ0) is 8.27. The van der Waals surface area contributed by atoms with E-state index in [1.165, 1.54) is 32.1 Å². The van der Waals surface area contributed by atoms with Crippen molar-refractivity contribution in [1.82, 2.24) is 4.67 Å². The van der Waals surface area contributed by atoms with Crippen LogP contribution in [0.1, 0.15) is 32.1 Å². The monoisotopic (exact) mass is 195 g/mol. The average molecular weight is 196 g/mol. The molecule has 1 unspecified atom stereocenters. The van der Waals surface area contributed by atoms with Crippen molar-refractivity contribution >= 4 is 18.9 Å². The van der Waals surface area contributed by atoms with E-state index in [4.69, 9.17) is 16.1 Å². The summed E-state index contributed by atoms with van der Waals surface area (Å²) in [5.41, 5.74) is 0. The lowest BCUT2D eigenvalue weighted by Gasteiger charge is -2.30. The highest BCUT2D eigenvalue weighted by Crippen LogP contribution is 2.43. The predicted molar refractivity (Wildman–Crippen MR) is 49.6 cm³/mol. The maximum Gasteiger partial charge on any atom is 0.204 e. The molecule has 0 radical (unpaired) electrons.